The molecule has 1 heterocycles. The van der Waals surface area contributed by atoms with Gasteiger partial charge in [0.2, 0.25) is 0 Å². The Morgan fingerprint density at radius 3 is 2.12 bits per heavy atom. The molecule has 0 atom stereocenters. The second kappa shape index (κ2) is 6.19. The maximum absolute atomic E-state index is 3.97. The number of hydrogen-bond donors (Lipinski definition) is 0. The van der Waals surface area contributed by atoms with Gasteiger partial charge in [0.1, 0.15) is 0 Å². The summed E-state index contributed by atoms with van der Waals surface area (Å²) in [5, 5.41) is 0. The van der Waals surface area contributed by atoms with Crippen molar-refractivity contribution in [1.82, 2.24) is 4.98 Å². The van der Waals surface area contributed by atoms with Crippen molar-refractivity contribution < 1.29 is 0 Å². The Bertz CT molecular complexity index is 418. The Morgan fingerprint density at radius 2 is 1.65 bits per heavy atom. The molecule has 0 radical (unpaired) electrons. The maximum Gasteiger partial charge on any atom is 0.0270 e. The van der Waals surface area contributed by atoms with Crippen molar-refractivity contribution in [2.75, 3.05) is 0 Å². The Hall–Kier alpha value is -1.63. The first kappa shape index (κ1) is 11.8. The van der Waals surface area contributed by atoms with Crippen LogP contribution in [0.2, 0.25) is 0 Å². The number of benzene rings is 1. The van der Waals surface area contributed by atoms with Crippen LogP contribution in [0.3, 0.4) is 0 Å². The van der Waals surface area contributed by atoms with Crippen LogP contribution in [0.5, 0.6) is 0 Å². The molecule has 0 N–H and O–H groups in total. The molecule has 3 rings (SSSR count). The van der Waals surface area contributed by atoms with Crippen LogP contribution in [0.15, 0.2) is 54.9 Å². The second-order valence-corrected chi connectivity index (χ2v) is 4.66. The summed E-state index contributed by atoms with van der Waals surface area (Å²) in [5.74, 6) is 0.988. The maximum atomic E-state index is 3.97. The lowest BCUT2D eigenvalue weighted by Crippen LogP contribution is -1.85. The zero-order chi connectivity index (χ0) is 11.9. The van der Waals surface area contributed by atoms with Crippen LogP contribution in [0.4, 0.5) is 0 Å². The van der Waals surface area contributed by atoms with E-state index in [0.717, 1.165) is 5.92 Å². The van der Waals surface area contributed by atoms with Crippen molar-refractivity contribution in [3.05, 3.63) is 66.0 Å². The summed E-state index contributed by atoms with van der Waals surface area (Å²) in [6.45, 7) is 2.08. The average molecular weight is 225 g/mol. The molecule has 1 aliphatic rings. The van der Waals surface area contributed by atoms with Gasteiger partial charge in [-0.25, -0.2) is 0 Å². The van der Waals surface area contributed by atoms with Gasteiger partial charge in [0, 0.05) is 12.4 Å². The Labute approximate surface area is 104 Å². The first-order chi connectivity index (χ1) is 8.34. The standard InChI is InChI=1S/C9H11N.C7H8/c1-2-8(1)7-9-3-5-10-6-4-9;1-7-5-3-2-4-6-7/h3-6,8H,1-2,7H2;2-6H,1H3. The molecular weight excluding hydrogens is 206 g/mol. The Kier molecular flexibility index (Phi) is 4.31. The number of pyridine rings is 1. The van der Waals surface area contributed by atoms with Crippen molar-refractivity contribution in [1.29, 1.82) is 0 Å². The highest BCUT2D eigenvalue weighted by atomic mass is 14.6. The first-order valence-electron chi connectivity index (χ1n) is 6.25. The van der Waals surface area contributed by atoms with Crippen LogP contribution >= 0.6 is 0 Å². The predicted octanol–water partition coefficient (Wildman–Crippen LogP) is 4.03. The Balaban J connectivity index is 0.000000136. The van der Waals surface area contributed by atoms with Gasteiger partial charge in [-0.15, -0.1) is 0 Å². The smallest absolute Gasteiger partial charge is 0.0270 e. The van der Waals surface area contributed by atoms with Crippen LogP contribution in [0.25, 0.3) is 0 Å². The highest BCUT2D eigenvalue weighted by Crippen LogP contribution is 2.32. The van der Waals surface area contributed by atoms with Crippen molar-refractivity contribution >= 4 is 0 Å². The van der Waals surface area contributed by atoms with Gasteiger partial charge in [-0.1, -0.05) is 35.9 Å². The molecule has 0 spiro atoms. The topological polar surface area (TPSA) is 12.9 Å². The summed E-state index contributed by atoms with van der Waals surface area (Å²) in [6, 6.07) is 14.5. The normalized spacial score (nSPS) is 13.7. The monoisotopic (exact) mass is 225 g/mol. The van der Waals surface area contributed by atoms with E-state index in [2.05, 4.69) is 36.2 Å². The molecule has 1 aromatic carbocycles. The number of rotatable bonds is 2. The fourth-order valence-electron chi connectivity index (χ4n) is 1.71. The second-order valence-electron chi connectivity index (χ2n) is 4.66. The van der Waals surface area contributed by atoms with Crippen LogP contribution in [-0.2, 0) is 6.42 Å². The van der Waals surface area contributed by atoms with Gasteiger partial charge in [0.05, 0.1) is 0 Å². The highest BCUT2D eigenvalue weighted by molar-refractivity contribution is 5.12. The number of aryl methyl sites for hydroxylation is 1. The molecular formula is C16H19N. The third-order valence-electron chi connectivity index (χ3n) is 2.91. The lowest BCUT2D eigenvalue weighted by Gasteiger charge is -1.95. The molecule has 0 amide bonds. The van der Waals surface area contributed by atoms with Crippen molar-refractivity contribution in [3.8, 4) is 0 Å². The van der Waals surface area contributed by atoms with E-state index < -0.39 is 0 Å². The van der Waals surface area contributed by atoms with E-state index in [4.69, 9.17) is 0 Å². The zero-order valence-corrected chi connectivity index (χ0v) is 10.3. The third-order valence-corrected chi connectivity index (χ3v) is 2.91. The molecule has 1 heteroatoms. The number of hydrogen-bond acceptors (Lipinski definition) is 1. The van der Waals surface area contributed by atoms with Gasteiger partial charge in [0.15, 0.2) is 0 Å². The lowest BCUT2D eigenvalue weighted by atomic mass is 10.1. The van der Waals surface area contributed by atoms with E-state index in [1.807, 2.05) is 30.6 Å². The summed E-state index contributed by atoms with van der Waals surface area (Å²) in [5.41, 5.74) is 2.76. The molecule has 2 aromatic rings. The molecule has 1 saturated carbocycles. The molecule has 0 saturated heterocycles. The van der Waals surface area contributed by atoms with Gasteiger partial charge in [-0.2, -0.15) is 0 Å². The fourth-order valence-corrected chi connectivity index (χ4v) is 1.71. The highest BCUT2D eigenvalue weighted by Gasteiger charge is 2.20. The molecule has 17 heavy (non-hydrogen) atoms. The molecule has 1 aromatic heterocycles. The average Bonchev–Trinajstić information content (AvgIpc) is 3.16. The Morgan fingerprint density at radius 1 is 1.00 bits per heavy atom. The van der Waals surface area contributed by atoms with Crippen LogP contribution in [-0.4, -0.2) is 4.98 Å². The molecule has 0 unspecified atom stereocenters. The first-order valence-corrected chi connectivity index (χ1v) is 6.25. The van der Waals surface area contributed by atoms with Crippen molar-refractivity contribution in [3.63, 3.8) is 0 Å². The summed E-state index contributed by atoms with van der Waals surface area (Å²) in [6.07, 6.45) is 7.88. The van der Waals surface area contributed by atoms with Crippen molar-refractivity contribution in [2.45, 2.75) is 26.2 Å². The molecule has 0 bridgehead atoms. The minimum absolute atomic E-state index is 0.988. The SMILES string of the molecule is Cc1ccccc1.c1cc(CC2CC2)ccn1. The quantitative estimate of drug-likeness (QED) is 0.752. The molecule has 1 fully saturated rings. The van der Waals surface area contributed by atoms with Gasteiger partial charge >= 0.3 is 0 Å². The molecule has 88 valence electrons. The van der Waals surface area contributed by atoms with Gasteiger partial charge in [0.25, 0.3) is 0 Å². The van der Waals surface area contributed by atoms with Gasteiger partial charge in [-0.05, 0) is 49.8 Å². The number of nitrogens with zero attached hydrogens (tertiary/aromatic N) is 1. The van der Waals surface area contributed by atoms with Crippen LogP contribution in [0, 0.1) is 12.8 Å². The summed E-state index contributed by atoms with van der Waals surface area (Å²) >= 11 is 0. The summed E-state index contributed by atoms with van der Waals surface area (Å²) in [4.78, 5) is 3.97. The minimum Gasteiger partial charge on any atom is -0.265 e. The van der Waals surface area contributed by atoms with Crippen LogP contribution < -0.4 is 0 Å². The largest absolute Gasteiger partial charge is 0.265 e. The van der Waals surface area contributed by atoms with E-state index in [9.17, 15) is 0 Å². The lowest BCUT2D eigenvalue weighted by molar-refractivity contribution is 0.830. The molecule has 0 aliphatic heterocycles. The van der Waals surface area contributed by atoms with E-state index in [0.29, 0.717) is 0 Å². The summed E-state index contributed by atoms with van der Waals surface area (Å²) in [7, 11) is 0. The van der Waals surface area contributed by atoms with Crippen LogP contribution in [0.1, 0.15) is 24.0 Å². The van der Waals surface area contributed by atoms with E-state index in [1.54, 1.807) is 0 Å². The zero-order valence-electron chi connectivity index (χ0n) is 10.3. The van der Waals surface area contributed by atoms with Crippen molar-refractivity contribution in [2.24, 2.45) is 5.92 Å². The molecule has 1 aliphatic carbocycles. The fraction of sp³-hybridized carbons (Fsp3) is 0.312. The van der Waals surface area contributed by atoms with E-state index in [-0.39, 0.29) is 0 Å². The van der Waals surface area contributed by atoms with Gasteiger partial charge in [-0.3, -0.25) is 4.98 Å². The van der Waals surface area contributed by atoms with E-state index in [1.165, 1.54) is 30.4 Å². The minimum atomic E-state index is 0.988. The summed E-state index contributed by atoms with van der Waals surface area (Å²) < 4.78 is 0. The van der Waals surface area contributed by atoms with E-state index >= 15 is 0 Å². The third kappa shape index (κ3) is 4.81. The molecule has 1 nitrogen and oxygen atoms in total. The van der Waals surface area contributed by atoms with Gasteiger partial charge < -0.3 is 0 Å². The predicted molar refractivity (Wildman–Crippen MR) is 71.8 cm³/mol. The number of aromatic nitrogens is 1.